The van der Waals surface area contributed by atoms with Gasteiger partial charge in [-0.05, 0) is 57.0 Å². The molecule has 0 bridgehead atoms. The van der Waals surface area contributed by atoms with Crippen LogP contribution in [0.25, 0.3) is 5.69 Å². The third-order valence-corrected chi connectivity index (χ3v) is 4.57. The van der Waals surface area contributed by atoms with Crippen molar-refractivity contribution >= 4 is 11.9 Å². The summed E-state index contributed by atoms with van der Waals surface area (Å²) in [5, 5.41) is 0. The zero-order valence-corrected chi connectivity index (χ0v) is 16.0. The van der Waals surface area contributed by atoms with Gasteiger partial charge in [-0.2, -0.15) is 0 Å². The highest BCUT2D eigenvalue weighted by Gasteiger charge is 2.11. The van der Waals surface area contributed by atoms with Crippen LogP contribution < -0.4 is 4.74 Å². The summed E-state index contributed by atoms with van der Waals surface area (Å²) in [7, 11) is 0. The average molecular weight is 346 g/mol. The van der Waals surface area contributed by atoms with Gasteiger partial charge in [0.1, 0.15) is 5.75 Å². The molecule has 2 aromatic carbocycles. The second-order valence-corrected chi connectivity index (χ2v) is 6.33. The maximum atomic E-state index is 5.55. The second kappa shape index (κ2) is 8.05. The predicted molar refractivity (Wildman–Crippen MR) is 109 cm³/mol. The first-order chi connectivity index (χ1) is 12.6. The van der Waals surface area contributed by atoms with Gasteiger partial charge in [0.15, 0.2) is 0 Å². The number of hydrogen-bond donors (Lipinski definition) is 0. The Kier molecular flexibility index (Phi) is 5.57. The van der Waals surface area contributed by atoms with Crippen molar-refractivity contribution in [2.45, 2.75) is 34.1 Å². The molecule has 0 aliphatic carbocycles. The van der Waals surface area contributed by atoms with Gasteiger partial charge in [-0.15, -0.1) is 0 Å². The number of rotatable bonds is 6. The minimum Gasteiger partial charge on any atom is -0.494 e. The van der Waals surface area contributed by atoms with Crippen LogP contribution in [0.5, 0.6) is 5.75 Å². The SMILES string of the molecule is CCOc1cccc(N=Cc2cc(C)n(-c3ccccc3CC)c2C)c1. The Morgan fingerprint density at radius 2 is 1.81 bits per heavy atom. The molecule has 3 aromatic rings. The molecule has 0 atom stereocenters. The minimum atomic E-state index is 0.658. The molecular formula is C23H26N2O. The third-order valence-electron chi connectivity index (χ3n) is 4.57. The van der Waals surface area contributed by atoms with Crippen LogP contribution in [0.15, 0.2) is 59.6 Å². The van der Waals surface area contributed by atoms with Crippen molar-refractivity contribution in [2.75, 3.05) is 6.61 Å². The van der Waals surface area contributed by atoms with E-state index in [0.29, 0.717) is 6.61 Å². The van der Waals surface area contributed by atoms with Crippen molar-refractivity contribution in [1.82, 2.24) is 4.57 Å². The zero-order valence-electron chi connectivity index (χ0n) is 16.0. The first-order valence-corrected chi connectivity index (χ1v) is 9.18. The van der Waals surface area contributed by atoms with Crippen LogP contribution in [0, 0.1) is 13.8 Å². The Morgan fingerprint density at radius 1 is 1.00 bits per heavy atom. The van der Waals surface area contributed by atoms with Crippen LogP contribution in [-0.4, -0.2) is 17.4 Å². The topological polar surface area (TPSA) is 26.5 Å². The molecule has 0 saturated carbocycles. The summed E-state index contributed by atoms with van der Waals surface area (Å²) in [5.74, 6) is 0.851. The normalized spacial score (nSPS) is 11.2. The van der Waals surface area contributed by atoms with Crippen molar-refractivity contribution in [3.05, 3.63) is 77.1 Å². The Balaban J connectivity index is 1.94. The van der Waals surface area contributed by atoms with Gasteiger partial charge in [-0.3, -0.25) is 4.99 Å². The molecule has 1 heterocycles. The molecule has 3 rings (SSSR count). The molecule has 0 amide bonds. The van der Waals surface area contributed by atoms with Crippen LogP contribution in [0.3, 0.4) is 0 Å². The fraction of sp³-hybridized carbons (Fsp3) is 0.261. The molecule has 0 spiro atoms. The third kappa shape index (κ3) is 3.72. The Morgan fingerprint density at radius 3 is 2.58 bits per heavy atom. The molecule has 1 aromatic heterocycles. The van der Waals surface area contributed by atoms with E-state index >= 15 is 0 Å². The van der Waals surface area contributed by atoms with E-state index in [1.165, 1.54) is 22.6 Å². The average Bonchev–Trinajstić information content (AvgIpc) is 2.94. The molecule has 3 heteroatoms. The summed E-state index contributed by atoms with van der Waals surface area (Å²) >= 11 is 0. The lowest BCUT2D eigenvalue weighted by atomic mass is 10.1. The summed E-state index contributed by atoms with van der Waals surface area (Å²) in [6.45, 7) is 9.13. The van der Waals surface area contributed by atoms with Crippen molar-refractivity contribution in [1.29, 1.82) is 0 Å². The lowest BCUT2D eigenvalue weighted by Gasteiger charge is -2.13. The van der Waals surface area contributed by atoms with Gasteiger partial charge in [0.2, 0.25) is 0 Å². The maximum absolute atomic E-state index is 5.55. The predicted octanol–water partition coefficient (Wildman–Crippen LogP) is 5.81. The van der Waals surface area contributed by atoms with Gasteiger partial charge < -0.3 is 9.30 Å². The van der Waals surface area contributed by atoms with Crippen LogP contribution in [0.4, 0.5) is 5.69 Å². The highest BCUT2D eigenvalue weighted by Crippen LogP contribution is 2.24. The lowest BCUT2D eigenvalue weighted by Crippen LogP contribution is -2.03. The molecule has 0 aliphatic heterocycles. The minimum absolute atomic E-state index is 0.658. The van der Waals surface area contributed by atoms with E-state index < -0.39 is 0 Å². The van der Waals surface area contributed by atoms with Gasteiger partial charge in [0, 0.05) is 34.9 Å². The van der Waals surface area contributed by atoms with E-state index in [4.69, 9.17) is 4.74 Å². The molecule has 0 aliphatic rings. The Labute approximate surface area is 156 Å². The van der Waals surface area contributed by atoms with Gasteiger partial charge >= 0.3 is 0 Å². The molecule has 0 fully saturated rings. The molecule has 134 valence electrons. The number of benzene rings is 2. The van der Waals surface area contributed by atoms with Gasteiger partial charge in [0.25, 0.3) is 0 Å². The van der Waals surface area contributed by atoms with Gasteiger partial charge in [-0.1, -0.05) is 31.2 Å². The van der Waals surface area contributed by atoms with Crippen molar-refractivity contribution in [3.63, 3.8) is 0 Å². The Hall–Kier alpha value is -2.81. The lowest BCUT2D eigenvalue weighted by molar-refractivity contribution is 0.340. The van der Waals surface area contributed by atoms with E-state index in [9.17, 15) is 0 Å². The van der Waals surface area contributed by atoms with Crippen LogP contribution >= 0.6 is 0 Å². The number of hydrogen-bond acceptors (Lipinski definition) is 2. The van der Waals surface area contributed by atoms with E-state index in [1.54, 1.807) is 0 Å². The summed E-state index contributed by atoms with van der Waals surface area (Å²) < 4.78 is 7.87. The van der Waals surface area contributed by atoms with E-state index in [-0.39, 0.29) is 0 Å². The van der Waals surface area contributed by atoms with E-state index in [1.807, 2.05) is 37.4 Å². The molecule has 0 unspecified atom stereocenters. The molecule has 3 nitrogen and oxygen atoms in total. The van der Waals surface area contributed by atoms with Crippen LogP contribution in [0.2, 0.25) is 0 Å². The molecule has 26 heavy (non-hydrogen) atoms. The zero-order chi connectivity index (χ0) is 18.5. The quantitative estimate of drug-likeness (QED) is 0.518. The second-order valence-electron chi connectivity index (χ2n) is 6.33. The fourth-order valence-electron chi connectivity index (χ4n) is 3.28. The summed E-state index contributed by atoms with van der Waals surface area (Å²) in [4.78, 5) is 4.65. The first kappa shape index (κ1) is 18.0. The Bertz CT molecular complexity index is 922. The maximum Gasteiger partial charge on any atom is 0.121 e. The molecular weight excluding hydrogens is 320 g/mol. The number of ether oxygens (including phenoxy) is 1. The summed E-state index contributed by atoms with van der Waals surface area (Å²) in [5.41, 5.74) is 7.05. The molecule has 0 saturated heterocycles. The molecule has 0 N–H and O–H groups in total. The summed E-state index contributed by atoms with van der Waals surface area (Å²) in [6.07, 6.45) is 2.96. The van der Waals surface area contributed by atoms with Crippen molar-refractivity contribution < 1.29 is 4.74 Å². The fourth-order valence-corrected chi connectivity index (χ4v) is 3.28. The number of aryl methyl sites for hydroxylation is 2. The number of aromatic nitrogens is 1. The first-order valence-electron chi connectivity index (χ1n) is 9.18. The smallest absolute Gasteiger partial charge is 0.121 e. The molecule has 0 radical (unpaired) electrons. The number of nitrogens with zero attached hydrogens (tertiary/aromatic N) is 2. The van der Waals surface area contributed by atoms with Gasteiger partial charge in [-0.25, -0.2) is 0 Å². The van der Waals surface area contributed by atoms with Crippen molar-refractivity contribution in [3.8, 4) is 11.4 Å². The van der Waals surface area contributed by atoms with E-state index in [0.717, 1.165) is 23.4 Å². The monoisotopic (exact) mass is 346 g/mol. The highest BCUT2D eigenvalue weighted by atomic mass is 16.5. The van der Waals surface area contributed by atoms with Gasteiger partial charge in [0.05, 0.1) is 12.3 Å². The van der Waals surface area contributed by atoms with E-state index in [2.05, 4.69) is 60.7 Å². The summed E-state index contributed by atoms with van der Waals surface area (Å²) in [6, 6.07) is 18.7. The van der Waals surface area contributed by atoms with Crippen LogP contribution in [-0.2, 0) is 6.42 Å². The van der Waals surface area contributed by atoms with Crippen molar-refractivity contribution in [2.24, 2.45) is 4.99 Å². The number of para-hydroxylation sites is 1. The number of aliphatic imine (C=N–C) groups is 1. The van der Waals surface area contributed by atoms with Crippen LogP contribution in [0.1, 0.15) is 36.4 Å². The standard InChI is InChI=1S/C23H26N2O/c1-5-19-10-7-8-13-23(19)25-17(3)14-20(18(25)4)16-24-21-11-9-12-22(15-21)26-6-2/h7-16H,5-6H2,1-4H3. The highest BCUT2D eigenvalue weighted by molar-refractivity contribution is 5.84. The largest absolute Gasteiger partial charge is 0.494 e.